The van der Waals surface area contributed by atoms with E-state index in [9.17, 15) is 0 Å². The Hall–Kier alpha value is -10.4. The first-order chi connectivity index (χ1) is 46.7. The second-order valence-electron chi connectivity index (χ2n) is 24.7. The molecule has 0 unspecified atom stereocenters. The number of nitrogens with zero attached hydrogens (tertiary/aromatic N) is 5. The molecule has 94 heavy (non-hydrogen) atoms. The van der Waals surface area contributed by atoms with Crippen LogP contribution in [-0.2, 0) is 0 Å². The topological polar surface area (TPSA) is 25.4 Å². The molecule has 0 radical (unpaired) electrons. The fraction of sp³-hybridized carbons (Fsp3) is 0. The van der Waals surface area contributed by atoms with Gasteiger partial charge in [-0.1, -0.05) is 84.9 Å². The van der Waals surface area contributed by atoms with E-state index in [1.54, 1.807) is 0 Å². The van der Waals surface area contributed by atoms with E-state index in [1.165, 1.54) is 79.5 Å². The van der Waals surface area contributed by atoms with Crippen LogP contribution in [0.5, 0.6) is 11.5 Å². The van der Waals surface area contributed by atoms with Gasteiger partial charge in [-0.3, -0.25) is 0 Å². The smallest absolute Gasteiger partial charge is 0.0380 e. The maximum atomic E-state index is 7.96. The third-order valence-electron chi connectivity index (χ3n) is 19.6. The van der Waals surface area contributed by atoms with Crippen LogP contribution in [-0.4, -0.2) is 54.3 Å². The zero-order valence-corrected chi connectivity index (χ0v) is 55.4. The van der Waals surface area contributed by atoms with Gasteiger partial charge in [-0.15, -0.1) is 0 Å². The van der Waals surface area contributed by atoms with Crippen LogP contribution >= 0.6 is 0 Å². The van der Waals surface area contributed by atoms with E-state index in [2.05, 4.69) is 346 Å². The molecule has 0 saturated heterocycles. The van der Waals surface area contributed by atoms with Crippen molar-refractivity contribution in [2.45, 2.75) is 0 Å². The van der Waals surface area contributed by atoms with Crippen LogP contribution in [0.1, 0.15) is 0 Å². The fourth-order valence-corrected chi connectivity index (χ4v) is 22.6. The minimum absolute atomic E-state index is 0.157. The summed E-state index contributed by atoms with van der Waals surface area (Å²) in [6, 6.07) is 120. The van der Waals surface area contributed by atoms with Crippen molar-refractivity contribution < 1.29 is 4.74 Å². The molecule has 0 saturated carbocycles. The first-order valence-electron chi connectivity index (χ1n) is 32.1. The summed E-state index contributed by atoms with van der Waals surface area (Å²) >= 11 is -1.51. The van der Waals surface area contributed by atoms with Crippen molar-refractivity contribution in [3.8, 4) is 11.5 Å². The Morgan fingerprint density at radius 2 is 0.702 bits per heavy atom. The van der Waals surface area contributed by atoms with Gasteiger partial charge in [0.1, 0.15) is 0 Å². The molecule has 0 N–H and O–H groups in total. The van der Waals surface area contributed by atoms with E-state index in [1.807, 2.05) is 0 Å². The van der Waals surface area contributed by atoms with E-state index in [0.29, 0.717) is 0 Å². The van der Waals surface area contributed by atoms with Gasteiger partial charge in [0.2, 0.25) is 0 Å². The molecular formula is C84H53B2N5OTe2. The van der Waals surface area contributed by atoms with Gasteiger partial charge in [0.05, 0.1) is 5.69 Å². The predicted molar refractivity (Wildman–Crippen MR) is 400 cm³/mol. The molecule has 438 valence electrons. The molecule has 0 bridgehead atoms. The Labute approximate surface area is 565 Å². The Morgan fingerprint density at radius 3 is 1.31 bits per heavy atom. The average Bonchev–Trinajstić information content (AvgIpc) is 0.815. The van der Waals surface area contributed by atoms with Crippen LogP contribution < -0.4 is 62.0 Å². The second-order valence-corrected chi connectivity index (χ2v) is 30.7. The van der Waals surface area contributed by atoms with Gasteiger partial charge in [-0.05, 0) is 66.7 Å². The Bertz CT molecular complexity index is 5690. The monoisotopic (exact) mass is 1430 g/mol. The summed E-state index contributed by atoms with van der Waals surface area (Å²) in [5, 5.41) is 5.42. The maximum Gasteiger partial charge on any atom is -0.0380 e. The number of benzene rings is 14. The van der Waals surface area contributed by atoms with Crippen LogP contribution in [0, 0.1) is 0 Å². The Balaban J connectivity index is 0.870. The summed E-state index contributed by atoms with van der Waals surface area (Å²) in [5.74, 6) is 1.71. The number of rotatable bonds is 9. The van der Waals surface area contributed by atoms with Crippen molar-refractivity contribution in [3.05, 3.63) is 322 Å². The molecule has 10 heteroatoms. The molecular weight excluding hydrogens is 1370 g/mol. The van der Waals surface area contributed by atoms with Crippen molar-refractivity contribution >= 4 is 208 Å². The Morgan fingerprint density at radius 1 is 0.266 bits per heavy atom. The summed E-state index contributed by atoms with van der Waals surface area (Å²) in [4.78, 5) is 12.6. The number of anilines is 15. The molecule has 20 rings (SSSR count). The van der Waals surface area contributed by atoms with Crippen LogP contribution in [0.3, 0.4) is 0 Å². The van der Waals surface area contributed by atoms with Gasteiger partial charge in [-0.2, -0.15) is 0 Å². The molecule has 4 aliphatic heterocycles. The SMILES string of the molecule is c1ccc(N(c2ccccc2)c2cc3c4c(c2)N(c2ccccc2)c2cc5c(cc2B4c2ccccc2N3c2ccccc2)B2c3ccccc3N(c3cccc4c3[te]c3ccccc34)c3cc(N(c4ccccc4)c4cccc6c4[te]c4ccccc46)cc(c32)O5)cc1. The standard InChI is InChI=1S/C84H53B2N5OTe2/c1-6-26-54(27-7-1)87(55-28-8-2-9-29-55)59-48-74-81-75(49-59)90(58-34-14-5-15-35-58)73-53-77-68(52-67(73)85(81)65-40-18-20-42-69(65)89(74)57-32-12-4-13-33-57)86-66-41-19-21-43-70(66)91(72-45-25-39-64-62-37-17-23-47-80(62)94-84(64)72)76-50-60(51-78(92-77)82(76)86)88(56-30-10-3-11-31-56)71-44-24-38-63-61-36-16-22-46-79(61)93-83(63)71/h1-53H. The fourth-order valence-electron chi connectivity index (χ4n) is 15.8. The summed E-state index contributed by atoms with van der Waals surface area (Å²) in [6.07, 6.45) is 0. The first kappa shape index (κ1) is 54.2. The maximum absolute atomic E-state index is 7.96. The zero-order valence-electron chi connectivity index (χ0n) is 50.7. The van der Waals surface area contributed by atoms with Crippen molar-refractivity contribution in [2.75, 3.05) is 24.5 Å². The minimum Gasteiger partial charge on any atom is -0.0602 e. The molecule has 0 atom stereocenters. The van der Waals surface area contributed by atoms with Crippen molar-refractivity contribution in [1.82, 2.24) is 0 Å². The molecule has 6 heterocycles. The van der Waals surface area contributed by atoms with Crippen LogP contribution in [0.25, 0.3) is 35.2 Å². The van der Waals surface area contributed by atoms with Crippen molar-refractivity contribution in [2.24, 2.45) is 0 Å². The van der Waals surface area contributed by atoms with Gasteiger partial charge < -0.3 is 9.80 Å². The molecule has 2 aromatic heterocycles. The number of hydrogen-bond acceptors (Lipinski definition) is 6. The summed E-state index contributed by atoms with van der Waals surface area (Å²) < 4.78 is 13.8. The van der Waals surface area contributed by atoms with E-state index in [4.69, 9.17) is 4.74 Å². The Kier molecular flexibility index (Phi) is 12.4. The van der Waals surface area contributed by atoms with Crippen LogP contribution in [0.4, 0.5) is 85.3 Å². The third kappa shape index (κ3) is 8.24. The van der Waals surface area contributed by atoms with Gasteiger partial charge >= 0.3 is 386 Å². The average molecular weight is 1430 g/mol. The zero-order chi connectivity index (χ0) is 61.5. The second kappa shape index (κ2) is 21.6. The van der Waals surface area contributed by atoms with E-state index in [0.717, 1.165) is 85.2 Å². The van der Waals surface area contributed by atoms with E-state index in [-0.39, 0.29) is 13.4 Å². The van der Waals surface area contributed by atoms with Crippen LogP contribution in [0.2, 0.25) is 0 Å². The first-order valence-corrected chi connectivity index (χ1v) is 36.8. The quantitative estimate of drug-likeness (QED) is 0.134. The van der Waals surface area contributed by atoms with E-state index < -0.39 is 40.9 Å². The predicted octanol–water partition coefficient (Wildman–Crippen LogP) is 17.8. The molecule has 0 amide bonds. The van der Waals surface area contributed by atoms with Crippen molar-refractivity contribution in [1.29, 1.82) is 0 Å². The van der Waals surface area contributed by atoms with Crippen molar-refractivity contribution in [3.63, 3.8) is 0 Å². The molecule has 16 aromatic rings. The summed E-state index contributed by atoms with van der Waals surface area (Å²) in [6.45, 7) is -0.340. The molecule has 6 nitrogen and oxygen atoms in total. The van der Waals surface area contributed by atoms with Gasteiger partial charge in [0.25, 0.3) is 0 Å². The minimum atomic E-state index is -0.764. The third-order valence-corrected chi connectivity index (χ3v) is 26.5. The molecule has 0 fully saturated rings. The van der Waals surface area contributed by atoms with Gasteiger partial charge in [0.15, 0.2) is 0 Å². The normalized spacial score (nSPS) is 13.1. The molecule has 0 aliphatic carbocycles. The number of hydrogen-bond donors (Lipinski definition) is 0. The largest absolute Gasteiger partial charge is 0.0602 e. The molecule has 14 aromatic carbocycles. The number of fused-ring (bicyclic) bond motifs is 14. The number of ether oxygens (including phenoxy) is 1. The van der Waals surface area contributed by atoms with Gasteiger partial charge in [0, 0.05) is 17.1 Å². The molecule has 4 aliphatic rings. The van der Waals surface area contributed by atoms with Gasteiger partial charge in [-0.25, -0.2) is 0 Å². The molecule has 0 spiro atoms. The van der Waals surface area contributed by atoms with E-state index >= 15 is 0 Å². The summed E-state index contributed by atoms with van der Waals surface area (Å²) in [5.41, 5.74) is 24.2. The number of para-hydroxylation sites is 7. The van der Waals surface area contributed by atoms with Crippen LogP contribution in [0.15, 0.2) is 322 Å². The summed E-state index contributed by atoms with van der Waals surface area (Å²) in [7, 11) is 0.